The summed E-state index contributed by atoms with van der Waals surface area (Å²) in [6.45, 7) is 7.22. The lowest BCUT2D eigenvalue weighted by Crippen LogP contribution is -2.27. The number of anilines is 1. The minimum atomic E-state index is -0.513. The lowest BCUT2D eigenvalue weighted by atomic mass is 10.2. The molecule has 1 fully saturated rings. The number of hydrogen-bond acceptors (Lipinski definition) is 5. The van der Waals surface area contributed by atoms with E-state index in [1.807, 2.05) is 44.7 Å². The number of carbonyl (C=O) groups excluding carboxylic acids is 1. The molecule has 6 heteroatoms. The van der Waals surface area contributed by atoms with Crippen molar-refractivity contribution in [2.45, 2.75) is 50.2 Å². The summed E-state index contributed by atoms with van der Waals surface area (Å²) in [5.41, 5.74) is 0.637. The highest BCUT2D eigenvalue weighted by Crippen LogP contribution is 2.26. The smallest absolute Gasteiger partial charge is 0.413 e. The van der Waals surface area contributed by atoms with E-state index in [1.165, 1.54) is 0 Å². The van der Waals surface area contributed by atoms with Crippen molar-refractivity contribution in [3.63, 3.8) is 0 Å². The van der Waals surface area contributed by atoms with E-state index in [9.17, 15) is 4.79 Å². The Hall–Kier alpha value is -1.27. The number of pyridine rings is 1. The molecule has 1 aliphatic rings. The minimum absolute atomic E-state index is 0.478. The van der Waals surface area contributed by atoms with Gasteiger partial charge in [-0.15, -0.1) is 0 Å². The first kappa shape index (κ1) is 17.1. The fourth-order valence-corrected chi connectivity index (χ4v) is 3.23. The fraction of sp³-hybridized carbons (Fsp3) is 0.625. The number of thioether (sulfide) groups is 1. The van der Waals surface area contributed by atoms with Crippen LogP contribution in [0.1, 0.15) is 39.2 Å². The zero-order chi connectivity index (χ0) is 16.0. The molecule has 2 rings (SSSR count). The van der Waals surface area contributed by atoms with Crippen LogP contribution in [0.15, 0.2) is 18.3 Å². The van der Waals surface area contributed by atoms with Crippen LogP contribution < -0.4 is 5.32 Å². The van der Waals surface area contributed by atoms with Gasteiger partial charge in [-0.05, 0) is 51.3 Å². The van der Waals surface area contributed by atoms with Crippen molar-refractivity contribution >= 4 is 23.7 Å². The quantitative estimate of drug-likeness (QED) is 0.912. The maximum atomic E-state index is 11.8. The molecule has 1 aromatic heterocycles. The van der Waals surface area contributed by atoms with Crippen LogP contribution in [-0.2, 0) is 15.2 Å². The predicted octanol–water partition coefficient (Wildman–Crippen LogP) is 3.84. The lowest BCUT2D eigenvalue weighted by Gasteiger charge is -2.21. The van der Waals surface area contributed by atoms with Gasteiger partial charge >= 0.3 is 6.09 Å². The van der Waals surface area contributed by atoms with Crippen LogP contribution in [0, 0.1) is 0 Å². The zero-order valence-electron chi connectivity index (χ0n) is 13.4. The van der Waals surface area contributed by atoms with Gasteiger partial charge in [-0.25, -0.2) is 9.78 Å². The predicted molar refractivity (Wildman–Crippen MR) is 89.2 cm³/mol. The van der Waals surface area contributed by atoms with Crippen molar-refractivity contribution in [3.05, 3.63) is 23.9 Å². The van der Waals surface area contributed by atoms with Gasteiger partial charge in [0.25, 0.3) is 0 Å². The van der Waals surface area contributed by atoms with Crippen LogP contribution in [0.25, 0.3) is 0 Å². The Morgan fingerprint density at radius 3 is 2.86 bits per heavy atom. The summed E-state index contributed by atoms with van der Waals surface area (Å²) in [6, 6.07) is 3.88. The van der Waals surface area contributed by atoms with Crippen molar-refractivity contribution in [1.29, 1.82) is 0 Å². The lowest BCUT2D eigenvalue weighted by molar-refractivity contribution is 0.0635. The molecule has 0 aromatic carbocycles. The normalized spacial score (nSPS) is 16.3. The summed E-state index contributed by atoms with van der Waals surface area (Å²) < 4.78 is 10.6. The molecule has 0 radical (unpaired) electrons. The summed E-state index contributed by atoms with van der Waals surface area (Å²) in [4.78, 5) is 15.9. The molecule has 1 amide bonds. The van der Waals surface area contributed by atoms with Crippen LogP contribution in [0.5, 0.6) is 0 Å². The average Bonchev–Trinajstić information content (AvgIpc) is 2.44. The molecule has 5 nitrogen and oxygen atoms in total. The van der Waals surface area contributed by atoms with Gasteiger partial charge in [0, 0.05) is 30.4 Å². The number of nitrogens with zero attached hydrogens (tertiary/aromatic N) is 1. The van der Waals surface area contributed by atoms with E-state index in [0.29, 0.717) is 11.1 Å². The summed E-state index contributed by atoms with van der Waals surface area (Å²) in [7, 11) is 0. The number of aromatic nitrogens is 1. The Labute approximate surface area is 136 Å². The van der Waals surface area contributed by atoms with Crippen molar-refractivity contribution in [2.24, 2.45) is 0 Å². The standard InChI is InChI=1S/C16H24N2O3S/c1-16(2,3)21-15(19)18-14-10-12(4-7-17-14)11-22-13-5-8-20-9-6-13/h4,7,10,13H,5-6,8-9,11H2,1-3H3,(H,17,18,19). The number of nitrogens with one attached hydrogen (secondary N) is 1. The zero-order valence-corrected chi connectivity index (χ0v) is 14.2. The average molecular weight is 324 g/mol. The molecular weight excluding hydrogens is 300 g/mol. The maximum absolute atomic E-state index is 11.8. The molecule has 0 saturated carbocycles. The van der Waals surface area contributed by atoms with Crippen LogP contribution in [0.3, 0.4) is 0 Å². The molecule has 0 aliphatic carbocycles. The molecule has 1 saturated heterocycles. The molecule has 0 atom stereocenters. The third-order valence-corrected chi connectivity index (χ3v) is 4.55. The van der Waals surface area contributed by atoms with E-state index < -0.39 is 11.7 Å². The van der Waals surface area contributed by atoms with Crippen LogP contribution in [-0.4, -0.2) is 35.1 Å². The second-order valence-corrected chi connectivity index (χ2v) is 7.59. The van der Waals surface area contributed by atoms with Gasteiger partial charge in [0.05, 0.1) is 0 Å². The Balaban J connectivity index is 1.85. The van der Waals surface area contributed by atoms with Gasteiger partial charge in [0.1, 0.15) is 11.4 Å². The molecule has 0 bridgehead atoms. The second-order valence-electron chi connectivity index (χ2n) is 6.30. The highest BCUT2D eigenvalue weighted by Gasteiger charge is 2.17. The summed E-state index contributed by atoms with van der Waals surface area (Å²) in [5.74, 6) is 1.44. The summed E-state index contributed by atoms with van der Waals surface area (Å²) in [6.07, 6.45) is 3.46. The molecular formula is C16H24N2O3S. The van der Waals surface area contributed by atoms with Crippen LogP contribution in [0.2, 0.25) is 0 Å². The number of amides is 1. The van der Waals surface area contributed by atoms with Crippen LogP contribution >= 0.6 is 11.8 Å². The molecule has 1 N–H and O–H groups in total. The van der Waals surface area contributed by atoms with Gasteiger partial charge in [-0.1, -0.05) is 0 Å². The minimum Gasteiger partial charge on any atom is -0.444 e. The van der Waals surface area contributed by atoms with Crippen molar-refractivity contribution in [2.75, 3.05) is 18.5 Å². The molecule has 0 unspecified atom stereocenters. The number of carbonyl (C=O) groups is 1. The Kier molecular flexibility index (Phi) is 6.08. The first-order chi connectivity index (χ1) is 10.4. The first-order valence-electron chi connectivity index (χ1n) is 7.57. The largest absolute Gasteiger partial charge is 0.444 e. The summed E-state index contributed by atoms with van der Waals surface area (Å²) >= 11 is 1.94. The summed E-state index contributed by atoms with van der Waals surface area (Å²) in [5, 5.41) is 3.33. The molecule has 1 aliphatic heterocycles. The van der Waals surface area contributed by atoms with E-state index in [1.54, 1.807) is 6.20 Å². The molecule has 1 aromatic rings. The molecule has 0 spiro atoms. The van der Waals surface area contributed by atoms with Crippen LogP contribution in [0.4, 0.5) is 10.6 Å². The van der Waals surface area contributed by atoms with Crippen molar-refractivity contribution < 1.29 is 14.3 Å². The molecule has 2 heterocycles. The van der Waals surface area contributed by atoms with Gasteiger partial charge < -0.3 is 9.47 Å². The van der Waals surface area contributed by atoms with E-state index >= 15 is 0 Å². The monoisotopic (exact) mass is 324 g/mol. The SMILES string of the molecule is CC(C)(C)OC(=O)Nc1cc(CSC2CCOCC2)ccn1. The third kappa shape index (κ3) is 6.23. The third-order valence-electron chi connectivity index (χ3n) is 3.11. The number of rotatable bonds is 4. The topological polar surface area (TPSA) is 60.5 Å². The Bertz CT molecular complexity index is 496. The molecule has 122 valence electrons. The van der Waals surface area contributed by atoms with E-state index in [0.717, 1.165) is 37.4 Å². The van der Waals surface area contributed by atoms with Gasteiger partial charge in [0.15, 0.2) is 0 Å². The van der Waals surface area contributed by atoms with Gasteiger partial charge in [-0.2, -0.15) is 11.8 Å². The van der Waals surface area contributed by atoms with E-state index in [-0.39, 0.29) is 0 Å². The highest BCUT2D eigenvalue weighted by atomic mass is 32.2. The Morgan fingerprint density at radius 2 is 2.18 bits per heavy atom. The molecule has 22 heavy (non-hydrogen) atoms. The van der Waals surface area contributed by atoms with E-state index in [4.69, 9.17) is 9.47 Å². The first-order valence-corrected chi connectivity index (χ1v) is 8.61. The van der Waals surface area contributed by atoms with Crippen molar-refractivity contribution in [1.82, 2.24) is 4.98 Å². The number of ether oxygens (including phenoxy) is 2. The fourth-order valence-electron chi connectivity index (χ4n) is 2.10. The van der Waals surface area contributed by atoms with Crippen molar-refractivity contribution in [3.8, 4) is 0 Å². The Morgan fingerprint density at radius 1 is 1.45 bits per heavy atom. The maximum Gasteiger partial charge on any atom is 0.413 e. The second kappa shape index (κ2) is 7.83. The number of hydrogen-bond donors (Lipinski definition) is 1. The highest BCUT2D eigenvalue weighted by molar-refractivity contribution is 7.99. The van der Waals surface area contributed by atoms with Gasteiger partial charge in [0.2, 0.25) is 0 Å². The van der Waals surface area contributed by atoms with E-state index in [2.05, 4.69) is 10.3 Å². The van der Waals surface area contributed by atoms with Gasteiger partial charge in [-0.3, -0.25) is 5.32 Å².